The van der Waals surface area contributed by atoms with Crippen molar-refractivity contribution in [1.29, 1.82) is 0 Å². The number of likely N-dealkylation sites (N-methyl/N-ethyl adjacent to an activating group) is 1. The van der Waals surface area contributed by atoms with Gasteiger partial charge in [-0.3, -0.25) is 4.90 Å². The molecule has 0 radical (unpaired) electrons. The largest absolute Gasteiger partial charge is 0.329 e. The van der Waals surface area contributed by atoms with Crippen molar-refractivity contribution in [3.8, 4) is 0 Å². The van der Waals surface area contributed by atoms with Crippen molar-refractivity contribution in [3.05, 3.63) is 0 Å². The highest BCUT2D eigenvalue weighted by Crippen LogP contribution is 2.27. The van der Waals surface area contributed by atoms with Gasteiger partial charge < -0.3 is 15.5 Å². The first-order valence-corrected chi connectivity index (χ1v) is 7.32. The number of rotatable bonds is 7. The van der Waals surface area contributed by atoms with Gasteiger partial charge in [0.1, 0.15) is 0 Å². The molecule has 0 atom stereocenters. The van der Waals surface area contributed by atoms with Gasteiger partial charge in [-0.05, 0) is 60.0 Å². The second-order valence-electron chi connectivity index (χ2n) is 6.02. The van der Waals surface area contributed by atoms with E-state index in [1.165, 1.54) is 38.9 Å². The van der Waals surface area contributed by atoms with Crippen LogP contribution in [-0.4, -0.2) is 80.7 Å². The van der Waals surface area contributed by atoms with Crippen molar-refractivity contribution in [1.82, 2.24) is 14.7 Å². The maximum absolute atomic E-state index is 6.15. The molecule has 0 aromatic heterocycles. The average Bonchev–Trinajstić information content (AvgIpc) is 2.36. The molecule has 0 aromatic carbocycles. The van der Waals surface area contributed by atoms with E-state index >= 15 is 0 Å². The molecule has 18 heavy (non-hydrogen) atoms. The first-order chi connectivity index (χ1) is 8.54. The normalized spacial score (nSPS) is 20.8. The van der Waals surface area contributed by atoms with Crippen molar-refractivity contribution in [3.63, 3.8) is 0 Å². The predicted octanol–water partition coefficient (Wildman–Crippen LogP) is 0.683. The van der Waals surface area contributed by atoms with Gasteiger partial charge in [-0.2, -0.15) is 0 Å². The number of nitrogens with two attached hydrogens (primary N) is 1. The summed E-state index contributed by atoms with van der Waals surface area (Å²) in [4.78, 5) is 7.34. The summed E-state index contributed by atoms with van der Waals surface area (Å²) in [5.41, 5.74) is 6.40. The van der Waals surface area contributed by atoms with Crippen molar-refractivity contribution in [2.45, 2.75) is 31.7 Å². The molecule has 0 spiro atoms. The highest BCUT2D eigenvalue weighted by Gasteiger charge is 2.37. The van der Waals surface area contributed by atoms with Crippen LogP contribution in [0.3, 0.4) is 0 Å². The molecule has 4 heteroatoms. The Labute approximate surface area is 113 Å². The fourth-order valence-corrected chi connectivity index (χ4v) is 2.86. The maximum atomic E-state index is 6.15. The van der Waals surface area contributed by atoms with E-state index in [2.05, 4.69) is 42.8 Å². The number of nitrogens with zero attached hydrogens (tertiary/aromatic N) is 3. The lowest BCUT2D eigenvalue weighted by Gasteiger charge is -2.48. The van der Waals surface area contributed by atoms with Crippen molar-refractivity contribution >= 4 is 0 Å². The number of hydrogen-bond donors (Lipinski definition) is 1. The third-order valence-corrected chi connectivity index (χ3v) is 4.28. The molecular formula is C14H32N4. The Hall–Kier alpha value is -0.160. The Morgan fingerprint density at radius 2 is 1.72 bits per heavy atom. The van der Waals surface area contributed by atoms with E-state index in [4.69, 9.17) is 5.73 Å². The quantitative estimate of drug-likeness (QED) is 0.727. The van der Waals surface area contributed by atoms with Gasteiger partial charge in [-0.15, -0.1) is 0 Å². The van der Waals surface area contributed by atoms with Gasteiger partial charge in [0.2, 0.25) is 0 Å². The van der Waals surface area contributed by atoms with Gasteiger partial charge in [0.25, 0.3) is 0 Å². The molecule has 0 bridgehead atoms. The number of likely N-dealkylation sites (tertiary alicyclic amines) is 1. The smallest absolute Gasteiger partial charge is 0.0356 e. The minimum Gasteiger partial charge on any atom is -0.329 e. The first kappa shape index (κ1) is 15.9. The fraction of sp³-hybridized carbons (Fsp3) is 1.00. The monoisotopic (exact) mass is 256 g/mol. The summed E-state index contributed by atoms with van der Waals surface area (Å²) in [5, 5.41) is 0. The van der Waals surface area contributed by atoms with Crippen molar-refractivity contribution in [2.75, 3.05) is 60.4 Å². The lowest BCUT2D eigenvalue weighted by atomic mass is 9.85. The minimum absolute atomic E-state index is 0.249. The van der Waals surface area contributed by atoms with Gasteiger partial charge in [-0.25, -0.2) is 0 Å². The van der Waals surface area contributed by atoms with Gasteiger partial charge in [0.15, 0.2) is 0 Å². The SMILES string of the molecule is CCCN(CCN(C)C)C1(CN)CCN(C)CC1. The summed E-state index contributed by atoms with van der Waals surface area (Å²) in [6, 6.07) is 0. The predicted molar refractivity (Wildman–Crippen MR) is 78.9 cm³/mol. The zero-order valence-electron chi connectivity index (χ0n) is 12.8. The van der Waals surface area contributed by atoms with Crippen LogP contribution >= 0.6 is 0 Å². The molecule has 0 unspecified atom stereocenters. The van der Waals surface area contributed by atoms with Crippen LogP contribution in [0.25, 0.3) is 0 Å². The zero-order chi connectivity index (χ0) is 13.6. The second kappa shape index (κ2) is 7.43. The molecule has 1 aliphatic rings. The summed E-state index contributed by atoms with van der Waals surface area (Å²) in [6.45, 7) is 8.86. The molecule has 1 saturated heterocycles. The van der Waals surface area contributed by atoms with Crippen LogP contribution in [-0.2, 0) is 0 Å². The first-order valence-electron chi connectivity index (χ1n) is 7.32. The van der Waals surface area contributed by atoms with E-state index in [1.807, 2.05) is 0 Å². The molecule has 0 amide bonds. The zero-order valence-corrected chi connectivity index (χ0v) is 12.8. The fourth-order valence-electron chi connectivity index (χ4n) is 2.86. The lowest BCUT2D eigenvalue weighted by Crippen LogP contribution is -2.60. The van der Waals surface area contributed by atoms with Gasteiger partial charge >= 0.3 is 0 Å². The van der Waals surface area contributed by atoms with E-state index in [0.717, 1.165) is 19.6 Å². The van der Waals surface area contributed by atoms with Crippen molar-refractivity contribution in [2.24, 2.45) is 5.73 Å². The van der Waals surface area contributed by atoms with Crippen LogP contribution in [0.4, 0.5) is 0 Å². The van der Waals surface area contributed by atoms with E-state index < -0.39 is 0 Å². The summed E-state index contributed by atoms with van der Waals surface area (Å²) < 4.78 is 0. The third-order valence-electron chi connectivity index (χ3n) is 4.28. The van der Waals surface area contributed by atoms with E-state index in [0.29, 0.717) is 0 Å². The molecule has 0 saturated carbocycles. The molecular weight excluding hydrogens is 224 g/mol. The summed E-state index contributed by atoms with van der Waals surface area (Å²) >= 11 is 0. The van der Waals surface area contributed by atoms with E-state index in [1.54, 1.807) is 0 Å². The van der Waals surface area contributed by atoms with E-state index in [9.17, 15) is 0 Å². The van der Waals surface area contributed by atoms with Crippen LogP contribution in [0.1, 0.15) is 26.2 Å². The molecule has 1 heterocycles. The van der Waals surface area contributed by atoms with Crippen LogP contribution in [0.15, 0.2) is 0 Å². The molecule has 0 aliphatic carbocycles. The van der Waals surface area contributed by atoms with Gasteiger partial charge in [0, 0.05) is 25.2 Å². The Bertz CT molecular complexity index is 222. The average molecular weight is 256 g/mol. The van der Waals surface area contributed by atoms with Crippen LogP contribution in [0, 0.1) is 0 Å². The van der Waals surface area contributed by atoms with Crippen LogP contribution in [0.2, 0.25) is 0 Å². The maximum Gasteiger partial charge on any atom is 0.0356 e. The molecule has 2 N–H and O–H groups in total. The summed E-state index contributed by atoms with van der Waals surface area (Å²) in [6.07, 6.45) is 3.64. The number of piperidine rings is 1. The lowest BCUT2D eigenvalue weighted by molar-refractivity contribution is 0.0295. The number of hydrogen-bond acceptors (Lipinski definition) is 4. The van der Waals surface area contributed by atoms with E-state index in [-0.39, 0.29) is 5.54 Å². The Balaban J connectivity index is 2.66. The summed E-state index contributed by atoms with van der Waals surface area (Å²) in [5.74, 6) is 0. The van der Waals surface area contributed by atoms with Gasteiger partial charge in [-0.1, -0.05) is 6.92 Å². The minimum atomic E-state index is 0.249. The van der Waals surface area contributed by atoms with Crippen molar-refractivity contribution < 1.29 is 0 Å². The van der Waals surface area contributed by atoms with Gasteiger partial charge in [0.05, 0.1) is 0 Å². The molecule has 1 aliphatic heterocycles. The summed E-state index contributed by atoms with van der Waals surface area (Å²) in [7, 11) is 6.51. The second-order valence-corrected chi connectivity index (χ2v) is 6.02. The molecule has 4 nitrogen and oxygen atoms in total. The molecule has 1 rings (SSSR count). The highest BCUT2D eigenvalue weighted by molar-refractivity contribution is 4.96. The Morgan fingerprint density at radius 1 is 1.11 bits per heavy atom. The Morgan fingerprint density at radius 3 is 2.17 bits per heavy atom. The molecule has 1 fully saturated rings. The third kappa shape index (κ3) is 4.19. The van der Waals surface area contributed by atoms with Crippen LogP contribution < -0.4 is 5.73 Å². The Kier molecular flexibility index (Phi) is 6.57. The topological polar surface area (TPSA) is 35.7 Å². The van der Waals surface area contributed by atoms with Crippen LogP contribution in [0.5, 0.6) is 0 Å². The molecule has 108 valence electrons. The molecule has 0 aromatic rings. The highest BCUT2D eigenvalue weighted by atomic mass is 15.3. The standard InChI is InChI=1S/C14H32N4/c1-5-8-18(12-11-16(2)3)14(13-15)6-9-17(4)10-7-14/h5-13,15H2,1-4H3.